The summed E-state index contributed by atoms with van der Waals surface area (Å²) >= 11 is 0. The van der Waals surface area contributed by atoms with E-state index >= 15 is 0 Å². The van der Waals surface area contributed by atoms with Crippen LogP contribution in [0.15, 0.2) is 60.9 Å². The Morgan fingerprint density at radius 2 is 2.16 bits per heavy atom. The summed E-state index contributed by atoms with van der Waals surface area (Å²) in [6.07, 6.45) is 4.43. The fourth-order valence-corrected chi connectivity index (χ4v) is 3.66. The highest BCUT2D eigenvalue weighted by Crippen LogP contribution is 2.24. The van der Waals surface area contributed by atoms with Gasteiger partial charge in [-0.1, -0.05) is 12.1 Å². The van der Waals surface area contributed by atoms with E-state index < -0.39 is 0 Å². The number of carbonyl (C=O) groups excluding carboxylic acids is 1. The number of nitrogens with one attached hydrogen (secondary N) is 4. The van der Waals surface area contributed by atoms with Gasteiger partial charge in [0.25, 0.3) is 5.91 Å². The Labute approximate surface area is 184 Å². The molecule has 1 fully saturated rings. The van der Waals surface area contributed by atoms with Gasteiger partial charge in [0.1, 0.15) is 11.6 Å². The van der Waals surface area contributed by atoms with Crippen molar-refractivity contribution in [2.24, 2.45) is 0 Å². The average molecular weight is 429 g/mol. The predicted molar refractivity (Wildman–Crippen MR) is 122 cm³/mol. The van der Waals surface area contributed by atoms with Crippen LogP contribution in [0.4, 0.5) is 11.5 Å². The number of aromatic nitrogens is 4. The van der Waals surface area contributed by atoms with E-state index in [1.165, 1.54) is 0 Å². The molecule has 0 bridgehead atoms. The number of anilines is 2. The summed E-state index contributed by atoms with van der Waals surface area (Å²) in [6.45, 7) is 1.71. The van der Waals surface area contributed by atoms with Crippen LogP contribution in [0.2, 0.25) is 0 Å². The zero-order valence-corrected chi connectivity index (χ0v) is 17.3. The minimum absolute atomic E-state index is 0.0289. The molecule has 1 saturated heterocycles. The van der Waals surface area contributed by atoms with Crippen LogP contribution >= 0.6 is 0 Å². The number of carbonyl (C=O) groups is 1. The van der Waals surface area contributed by atoms with E-state index in [0.29, 0.717) is 17.4 Å². The topological polar surface area (TPSA) is 117 Å². The fraction of sp³-hybridized carbons (Fsp3) is 0.217. The fourth-order valence-electron chi connectivity index (χ4n) is 3.66. The van der Waals surface area contributed by atoms with Gasteiger partial charge in [-0.15, -0.1) is 0 Å². The number of H-pyrrole nitrogens is 1. The molecule has 1 amide bonds. The molecule has 162 valence electrons. The van der Waals surface area contributed by atoms with Crippen LogP contribution in [-0.4, -0.2) is 51.8 Å². The molecule has 1 aliphatic rings. The van der Waals surface area contributed by atoms with Crippen LogP contribution in [0.25, 0.3) is 22.3 Å². The van der Waals surface area contributed by atoms with Crippen LogP contribution in [0.5, 0.6) is 5.75 Å². The van der Waals surface area contributed by atoms with Crippen LogP contribution in [0.1, 0.15) is 6.42 Å². The van der Waals surface area contributed by atoms with Gasteiger partial charge in [-0.2, -0.15) is 5.10 Å². The summed E-state index contributed by atoms with van der Waals surface area (Å²) in [5.74, 6) is 1.70. The average Bonchev–Trinajstić information content (AvgIpc) is 3.50. The van der Waals surface area contributed by atoms with Gasteiger partial charge in [-0.25, -0.2) is 9.97 Å². The molecular formula is C23H23N7O2. The van der Waals surface area contributed by atoms with E-state index in [0.717, 1.165) is 41.7 Å². The van der Waals surface area contributed by atoms with Crippen LogP contribution in [-0.2, 0) is 4.79 Å². The van der Waals surface area contributed by atoms with Crippen molar-refractivity contribution in [1.29, 1.82) is 0 Å². The molecule has 32 heavy (non-hydrogen) atoms. The van der Waals surface area contributed by atoms with Gasteiger partial charge in [-0.05, 0) is 49.4 Å². The van der Waals surface area contributed by atoms with E-state index in [1.54, 1.807) is 12.4 Å². The van der Waals surface area contributed by atoms with Crippen molar-refractivity contribution in [2.75, 3.05) is 25.0 Å². The molecule has 3 heterocycles. The molecule has 5 rings (SSSR count). The Balaban J connectivity index is 1.25. The van der Waals surface area contributed by atoms with E-state index in [1.807, 2.05) is 48.5 Å². The largest absolute Gasteiger partial charge is 0.484 e. The number of hydrogen-bond acceptors (Lipinski definition) is 7. The molecule has 0 radical (unpaired) electrons. The molecule has 0 saturated carbocycles. The maximum atomic E-state index is 12.1. The lowest BCUT2D eigenvalue weighted by Gasteiger charge is -2.12. The summed E-state index contributed by atoms with van der Waals surface area (Å²) in [6, 6.07) is 15.3. The lowest BCUT2D eigenvalue weighted by molar-refractivity contribution is -0.123. The summed E-state index contributed by atoms with van der Waals surface area (Å²) in [5.41, 5.74) is 2.69. The molecule has 4 aromatic rings. The molecule has 9 heteroatoms. The van der Waals surface area contributed by atoms with Crippen molar-refractivity contribution in [3.63, 3.8) is 0 Å². The van der Waals surface area contributed by atoms with Gasteiger partial charge >= 0.3 is 0 Å². The van der Waals surface area contributed by atoms with E-state index in [2.05, 4.69) is 36.1 Å². The van der Waals surface area contributed by atoms with Crippen molar-refractivity contribution in [1.82, 2.24) is 30.8 Å². The molecule has 0 aliphatic carbocycles. The first-order valence-electron chi connectivity index (χ1n) is 10.5. The standard InChI is InChI=1S/C23H23N7O2/c31-22(28-18-6-8-24-13-18)14-32-19-3-1-2-15(11-19)23-25-9-7-21(29-23)27-17-4-5-20-16(10-17)12-26-30-20/h1-5,7,9-12,18,24H,6,8,13-14H2,(H,26,30)(H,28,31)(H,25,27,29). The van der Waals surface area contributed by atoms with E-state index in [4.69, 9.17) is 4.74 Å². The Hall–Kier alpha value is -3.98. The number of amides is 1. The minimum Gasteiger partial charge on any atom is -0.484 e. The second-order valence-corrected chi connectivity index (χ2v) is 7.64. The van der Waals surface area contributed by atoms with Crippen molar-refractivity contribution in [3.8, 4) is 17.1 Å². The molecule has 9 nitrogen and oxygen atoms in total. The number of benzene rings is 2. The molecule has 1 aliphatic heterocycles. The first kappa shape index (κ1) is 20.0. The minimum atomic E-state index is -0.124. The molecular weight excluding hydrogens is 406 g/mol. The lowest BCUT2D eigenvalue weighted by atomic mass is 10.2. The van der Waals surface area contributed by atoms with Crippen LogP contribution in [0, 0.1) is 0 Å². The van der Waals surface area contributed by atoms with Crippen molar-refractivity contribution < 1.29 is 9.53 Å². The molecule has 2 aromatic heterocycles. The number of rotatable bonds is 7. The third kappa shape index (κ3) is 4.68. The second kappa shape index (κ2) is 9.03. The quantitative estimate of drug-likeness (QED) is 0.357. The second-order valence-electron chi connectivity index (χ2n) is 7.64. The molecule has 0 spiro atoms. The van der Waals surface area contributed by atoms with Gasteiger partial charge in [0.15, 0.2) is 12.4 Å². The van der Waals surface area contributed by atoms with E-state index in [-0.39, 0.29) is 18.6 Å². The number of aromatic amines is 1. The lowest BCUT2D eigenvalue weighted by Crippen LogP contribution is -2.39. The Morgan fingerprint density at radius 3 is 3.06 bits per heavy atom. The number of hydrogen-bond donors (Lipinski definition) is 4. The van der Waals surface area contributed by atoms with Gasteiger partial charge in [0.2, 0.25) is 0 Å². The summed E-state index contributed by atoms with van der Waals surface area (Å²) < 4.78 is 5.69. The van der Waals surface area contributed by atoms with E-state index in [9.17, 15) is 4.79 Å². The van der Waals surface area contributed by atoms with Crippen molar-refractivity contribution in [3.05, 3.63) is 60.9 Å². The first-order valence-corrected chi connectivity index (χ1v) is 10.5. The molecule has 1 unspecified atom stereocenters. The molecule has 1 atom stereocenters. The highest BCUT2D eigenvalue weighted by molar-refractivity contribution is 5.82. The van der Waals surface area contributed by atoms with Gasteiger partial charge in [-0.3, -0.25) is 9.89 Å². The molecule has 2 aromatic carbocycles. The van der Waals surface area contributed by atoms with Gasteiger partial charge < -0.3 is 20.7 Å². The Bertz CT molecular complexity index is 1230. The Kier molecular flexibility index (Phi) is 5.63. The third-order valence-electron chi connectivity index (χ3n) is 5.26. The summed E-state index contributed by atoms with van der Waals surface area (Å²) in [7, 11) is 0. The highest BCUT2D eigenvalue weighted by Gasteiger charge is 2.16. The summed E-state index contributed by atoms with van der Waals surface area (Å²) in [5, 5.41) is 17.5. The predicted octanol–water partition coefficient (Wildman–Crippen LogP) is 2.62. The monoisotopic (exact) mass is 429 g/mol. The zero-order chi connectivity index (χ0) is 21.8. The maximum absolute atomic E-state index is 12.1. The zero-order valence-electron chi connectivity index (χ0n) is 17.3. The van der Waals surface area contributed by atoms with Crippen molar-refractivity contribution in [2.45, 2.75) is 12.5 Å². The number of nitrogens with zero attached hydrogens (tertiary/aromatic N) is 3. The number of ether oxygens (including phenoxy) is 1. The van der Waals surface area contributed by atoms with Gasteiger partial charge in [0, 0.05) is 35.4 Å². The normalized spacial score (nSPS) is 15.6. The first-order chi connectivity index (χ1) is 15.7. The SMILES string of the molecule is O=C(COc1cccc(-c2nccc(Nc3ccc4[nH]ncc4c3)n2)c1)NC1CCNC1. The smallest absolute Gasteiger partial charge is 0.258 e. The van der Waals surface area contributed by atoms with Crippen LogP contribution in [0.3, 0.4) is 0 Å². The van der Waals surface area contributed by atoms with Crippen LogP contribution < -0.4 is 20.7 Å². The Morgan fingerprint density at radius 1 is 1.19 bits per heavy atom. The van der Waals surface area contributed by atoms with Crippen molar-refractivity contribution >= 4 is 28.3 Å². The third-order valence-corrected chi connectivity index (χ3v) is 5.26. The highest BCUT2D eigenvalue weighted by atomic mass is 16.5. The van der Waals surface area contributed by atoms with Gasteiger partial charge in [0.05, 0.1) is 11.7 Å². The number of fused-ring (bicyclic) bond motifs is 1. The summed E-state index contributed by atoms with van der Waals surface area (Å²) in [4.78, 5) is 21.1. The molecule has 4 N–H and O–H groups in total. The maximum Gasteiger partial charge on any atom is 0.258 e.